The fourth-order valence-electron chi connectivity index (χ4n) is 1.51. The zero-order valence-electron chi connectivity index (χ0n) is 9.85. The summed E-state index contributed by atoms with van der Waals surface area (Å²) in [5.74, 6) is 5.25. The van der Waals surface area contributed by atoms with E-state index in [1.807, 2.05) is 0 Å². The first-order valence-corrected chi connectivity index (χ1v) is 5.39. The van der Waals surface area contributed by atoms with E-state index in [0.717, 1.165) is 0 Å². The van der Waals surface area contributed by atoms with Crippen molar-refractivity contribution in [2.45, 2.75) is 6.54 Å². The Bertz CT molecular complexity index is 555. The molecule has 10 heteroatoms. The topological polar surface area (TPSA) is 137 Å². The third kappa shape index (κ3) is 2.93. The number of aromatic nitrogens is 4. The minimum Gasteiger partial charge on any atom is -0.362 e. The molecular formula is C9H12N8O2. The van der Waals surface area contributed by atoms with Crippen molar-refractivity contribution >= 4 is 17.3 Å². The number of nitrogens with one attached hydrogen (secondary N) is 2. The van der Waals surface area contributed by atoms with E-state index in [9.17, 15) is 10.1 Å². The van der Waals surface area contributed by atoms with Crippen molar-refractivity contribution in [2.24, 2.45) is 5.84 Å². The van der Waals surface area contributed by atoms with Crippen LogP contribution in [0.4, 0.5) is 17.3 Å². The van der Waals surface area contributed by atoms with Gasteiger partial charge in [0.2, 0.25) is 11.6 Å². The van der Waals surface area contributed by atoms with E-state index in [4.69, 9.17) is 5.84 Å². The van der Waals surface area contributed by atoms with Gasteiger partial charge in [-0.05, 0) is 6.07 Å². The van der Waals surface area contributed by atoms with Gasteiger partial charge in [-0.25, -0.2) is 15.8 Å². The maximum absolute atomic E-state index is 11.0. The average molecular weight is 264 g/mol. The van der Waals surface area contributed by atoms with Crippen LogP contribution in [-0.4, -0.2) is 31.2 Å². The van der Waals surface area contributed by atoms with E-state index in [-0.39, 0.29) is 17.3 Å². The number of hydrogen-bond acceptors (Lipinski definition) is 8. The van der Waals surface area contributed by atoms with Crippen LogP contribution in [0, 0.1) is 10.1 Å². The molecule has 0 atom stereocenters. The number of nitrogens with two attached hydrogens (primary N) is 1. The Hall–Kier alpha value is -2.75. The number of nitrogens with zero attached hydrogens (tertiary/aromatic N) is 5. The van der Waals surface area contributed by atoms with Crippen molar-refractivity contribution in [3.05, 3.63) is 34.9 Å². The second-order valence-electron chi connectivity index (χ2n) is 3.52. The average Bonchev–Trinajstić information content (AvgIpc) is 2.91. The second kappa shape index (κ2) is 5.73. The highest BCUT2D eigenvalue weighted by molar-refractivity contribution is 5.68. The molecule has 2 rings (SSSR count). The lowest BCUT2D eigenvalue weighted by molar-refractivity contribution is -0.383. The molecule has 19 heavy (non-hydrogen) atoms. The van der Waals surface area contributed by atoms with E-state index in [1.54, 1.807) is 23.1 Å². The Morgan fingerprint density at radius 1 is 1.42 bits per heavy atom. The molecule has 2 heterocycles. The minimum atomic E-state index is -0.592. The van der Waals surface area contributed by atoms with Crippen molar-refractivity contribution in [1.29, 1.82) is 0 Å². The van der Waals surface area contributed by atoms with E-state index in [1.165, 1.54) is 6.33 Å². The maximum Gasteiger partial charge on any atom is 0.354 e. The number of hydrogen-bond donors (Lipinski definition) is 3. The molecule has 2 aromatic rings. The van der Waals surface area contributed by atoms with Crippen molar-refractivity contribution < 1.29 is 4.92 Å². The summed E-state index contributed by atoms with van der Waals surface area (Å²) in [6.45, 7) is 0.989. The third-order valence-corrected chi connectivity index (χ3v) is 2.33. The monoisotopic (exact) mass is 264 g/mol. The molecule has 0 saturated carbocycles. The van der Waals surface area contributed by atoms with Crippen LogP contribution < -0.4 is 16.6 Å². The lowest BCUT2D eigenvalue weighted by Crippen LogP contribution is -2.16. The van der Waals surface area contributed by atoms with Crippen LogP contribution in [0.15, 0.2) is 24.8 Å². The molecule has 0 unspecified atom stereocenters. The van der Waals surface area contributed by atoms with E-state index < -0.39 is 4.92 Å². The summed E-state index contributed by atoms with van der Waals surface area (Å²) in [5, 5.41) is 17.8. The smallest absolute Gasteiger partial charge is 0.354 e. The minimum absolute atomic E-state index is 0.0402. The van der Waals surface area contributed by atoms with Gasteiger partial charge in [-0.3, -0.25) is 14.8 Å². The fraction of sp³-hybridized carbons (Fsp3) is 0.222. The maximum atomic E-state index is 11.0. The highest BCUT2D eigenvalue weighted by Crippen LogP contribution is 2.27. The number of nitro groups is 1. The summed E-state index contributed by atoms with van der Waals surface area (Å²) in [6.07, 6.45) is 4.64. The SMILES string of the molecule is NNc1ncnc(NCCn2cccn2)c1[N+](=O)[O-]. The first-order valence-electron chi connectivity index (χ1n) is 5.39. The Balaban J connectivity index is 2.09. The molecule has 0 amide bonds. The van der Waals surface area contributed by atoms with E-state index >= 15 is 0 Å². The lowest BCUT2D eigenvalue weighted by Gasteiger charge is -2.08. The molecule has 0 aliphatic rings. The molecule has 2 aromatic heterocycles. The number of nitrogen functional groups attached to an aromatic ring is 1. The molecule has 10 nitrogen and oxygen atoms in total. The first-order chi connectivity index (χ1) is 9.22. The van der Waals surface area contributed by atoms with Gasteiger partial charge in [0.05, 0.1) is 11.5 Å². The van der Waals surface area contributed by atoms with Crippen molar-refractivity contribution in [3.63, 3.8) is 0 Å². The van der Waals surface area contributed by atoms with Gasteiger partial charge in [-0.2, -0.15) is 5.10 Å². The van der Waals surface area contributed by atoms with Gasteiger partial charge in [0.1, 0.15) is 6.33 Å². The lowest BCUT2D eigenvalue weighted by atomic mass is 10.4. The van der Waals surface area contributed by atoms with Crippen LogP contribution in [-0.2, 0) is 6.54 Å². The molecule has 0 bridgehead atoms. The highest BCUT2D eigenvalue weighted by atomic mass is 16.6. The summed E-state index contributed by atoms with van der Waals surface area (Å²) in [4.78, 5) is 17.9. The van der Waals surface area contributed by atoms with Crippen molar-refractivity contribution in [2.75, 3.05) is 17.3 Å². The summed E-state index contributed by atoms with van der Waals surface area (Å²) in [6, 6.07) is 1.80. The summed E-state index contributed by atoms with van der Waals surface area (Å²) < 4.78 is 1.70. The molecule has 0 fully saturated rings. The summed E-state index contributed by atoms with van der Waals surface area (Å²) in [5.41, 5.74) is 1.88. The van der Waals surface area contributed by atoms with Gasteiger partial charge in [-0.1, -0.05) is 0 Å². The number of rotatable bonds is 6. The van der Waals surface area contributed by atoms with Crippen LogP contribution in [0.25, 0.3) is 0 Å². The molecule has 0 aliphatic heterocycles. The van der Waals surface area contributed by atoms with Gasteiger partial charge in [0.15, 0.2) is 0 Å². The number of hydrazine groups is 1. The van der Waals surface area contributed by atoms with Crippen LogP contribution >= 0.6 is 0 Å². The van der Waals surface area contributed by atoms with Crippen molar-refractivity contribution in [3.8, 4) is 0 Å². The molecule has 0 radical (unpaired) electrons. The molecule has 0 saturated heterocycles. The second-order valence-corrected chi connectivity index (χ2v) is 3.52. The molecule has 0 spiro atoms. The predicted molar refractivity (Wildman–Crippen MR) is 67.2 cm³/mol. The zero-order valence-corrected chi connectivity index (χ0v) is 9.85. The van der Waals surface area contributed by atoms with Crippen LogP contribution in [0.5, 0.6) is 0 Å². The normalized spacial score (nSPS) is 10.2. The van der Waals surface area contributed by atoms with E-state index in [0.29, 0.717) is 13.1 Å². The highest BCUT2D eigenvalue weighted by Gasteiger charge is 2.21. The van der Waals surface area contributed by atoms with Crippen molar-refractivity contribution in [1.82, 2.24) is 19.7 Å². The van der Waals surface area contributed by atoms with Gasteiger partial charge in [0, 0.05) is 18.9 Å². The largest absolute Gasteiger partial charge is 0.362 e. The van der Waals surface area contributed by atoms with Crippen LogP contribution in [0.2, 0.25) is 0 Å². The first kappa shape index (κ1) is 12.7. The third-order valence-electron chi connectivity index (χ3n) is 2.33. The van der Waals surface area contributed by atoms with Gasteiger partial charge in [0.25, 0.3) is 0 Å². The van der Waals surface area contributed by atoms with Gasteiger partial charge in [-0.15, -0.1) is 0 Å². The quantitative estimate of drug-likeness (QED) is 0.376. The Labute approximate surface area is 107 Å². The molecule has 0 aliphatic carbocycles. The Morgan fingerprint density at radius 2 is 2.21 bits per heavy atom. The summed E-state index contributed by atoms with van der Waals surface area (Å²) >= 11 is 0. The zero-order chi connectivity index (χ0) is 13.7. The number of anilines is 2. The molecule has 100 valence electrons. The van der Waals surface area contributed by atoms with E-state index in [2.05, 4.69) is 25.8 Å². The fourth-order valence-corrected chi connectivity index (χ4v) is 1.51. The molecule has 0 aromatic carbocycles. The van der Waals surface area contributed by atoms with Gasteiger partial charge >= 0.3 is 5.69 Å². The van der Waals surface area contributed by atoms with Crippen LogP contribution in [0.3, 0.4) is 0 Å². The Morgan fingerprint density at radius 3 is 2.84 bits per heavy atom. The van der Waals surface area contributed by atoms with Gasteiger partial charge < -0.3 is 10.7 Å². The van der Waals surface area contributed by atoms with Crippen LogP contribution in [0.1, 0.15) is 0 Å². The molecule has 4 N–H and O–H groups in total. The molecular weight excluding hydrogens is 252 g/mol. The predicted octanol–water partition coefficient (Wildman–Crippen LogP) is -0.0210. The standard InChI is InChI=1S/C9H12N8O2/c10-15-9-7(17(18)19)8(12-6-13-9)11-3-5-16-4-1-2-14-16/h1-2,4,6H,3,5,10H2,(H2,11,12,13,15). The Kier molecular flexibility index (Phi) is 3.83. The summed E-state index contributed by atoms with van der Waals surface area (Å²) in [7, 11) is 0.